The van der Waals surface area contributed by atoms with Crippen molar-refractivity contribution in [3.63, 3.8) is 0 Å². The fourth-order valence-electron chi connectivity index (χ4n) is 1.50. The van der Waals surface area contributed by atoms with Gasteiger partial charge in [0.1, 0.15) is 0 Å². The van der Waals surface area contributed by atoms with Crippen molar-refractivity contribution in [2.24, 2.45) is 11.7 Å². The third-order valence-electron chi connectivity index (χ3n) is 2.64. The van der Waals surface area contributed by atoms with Gasteiger partial charge in [0.2, 0.25) is 5.91 Å². The normalized spacial score (nSPS) is 12.1. The molecule has 0 aromatic rings. The Balaban J connectivity index is 3.90. The molecule has 0 radical (unpaired) electrons. The summed E-state index contributed by atoms with van der Waals surface area (Å²) in [5.41, 5.74) is 5.00. The van der Waals surface area contributed by atoms with Crippen LogP contribution in [-0.4, -0.2) is 18.0 Å². The van der Waals surface area contributed by atoms with Crippen LogP contribution >= 0.6 is 0 Å². The van der Waals surface area contributed by atoms with E-state index in [0.717, 1.165) is 6.54 Å². The summed E-state index contributed by atoms with van der Waals surface area (Å²) < 4.78 is 0. The molecule has 1 amide bonds. The molecule has 3 heteroatoms. The lowest BCUT2D eigenvalue weighted by atomic mass is 9.97. The van der Waals surface area contributed by atoms with Crippen molar-refractivity contribution in [2.75, 3.05) is 6.54 Å². The van der Waals surface area contributed by atoms with Crippen LogP contribution in [0.25, 0.3) is 0 Å². The number of hydrogen-bond acceptors (Lipinski definition) is 2. The van der Waals surface area contributed by atoms with E-state index in [1.807, 2.05) is 13.8 Å². The van der Waals surface area contributed by atoms with Gasteiger partial charge >= 0.3 is 0 Å². The van der Waals surface area contributed by atoms with Gasteiger partial charge in [0.05, 0.1) is 0 Å². The van der Waals surface area contributed by atoms with Crippen LogP contribution in [-0.2, 0) is 4.79 Å². The molecule has 0 saturated carbocycles. The molecule has 0 aromatic carbocycles. The summed E-state index contributed by atoms with van der Waals surface area (Å²) in [5, 5.41) is 3.39. The molecule has 0 bridgehead atoms. The average Bonchev–Trinajstić information content (AvgIpc) is 2.03. The predicted molar refractivity (Wildman–Crippen MR) is 60.0 cm³/mol. The van der Waals surface area contributed by atoms with Gasteiger partial charge in [0.25, 0.3) is 0 Å². The SMILES string of the molecule is CCC(CC)CNC(C)(C)CC(N)=O. The molecular weight excluding hydrogens is 176 g/mol. The van der Waals surface area contributed by atoms with Crippen LogP contribution in [0.3, 0.4) is 0 Å². The molecule has 0 atom stereocenters. The minimum Gasteiger partial charge on any atom is -0.370 e. The second-order valence-corrected chi connectivity index (χ2v) is 4.59. The van der Waals surface area contributed by atoms with Gasteiger partial charge in [-0.2, -0.15) is 0 Å². The Hall–Kier alpha value is -0.570. The van der Waals surface area contributed by atoms with Gasteiger partial charge in [0, 0.05) is 12.0 Å². The highest BCUT2D eigenvalue weighted by Crippen LogP contribution is 2.11. The summed E-state index contributed by atoms with van der Waals surface area (Å²) in [4.78, 5) is 10.8. The minimum absolute atomic E-state index is 0.172. The van der Waals surface area contributed by atoms with Crippen LogP contribution in [0.1, 0.15) is 47.0 Å². The van der Waals surface area contributed by atoms with E-state index in [-0.39, 0.29) is 11.4 Å². The highest BCUT2D eigenvalue weighted by Gasteiger charge is 2.20. The second kappa shape index (κ2) is 6.02. The molecule has 0 heterocycles. The number of carbonyl (C=O) groups excluding carboxylic acids is 1. The highest BCUT2D eigenvalue weighted by molar-refractivity contribution is 5.74. The van der Waals surface area contributed by atoms with E-state index in [1.165, 1.54) is 12.8 Å². The van der Waals surface area contributed by atoms with Gasteiger partial charge in [-0.3, -0.25) is 4.79 Å². The number of hydrogen-bond donors (Lipinski definition) is 2. The van der Waals surface area contributed by atoms with Crippen molar-refractivity contribution in [3.05, 3.63) is 0 Å². The summed E-state index contributed by atoms with van der Waals surface area (Å²) in [7, 11) is 0. The molecule has 84 valence electrons. The quantitative estimate of drug-likeness (QED) is 0.657. The van der Waals surface area contributed by atoms with E-state index in [2.05, 4.69) is 19.2 Å². The average molecular weight is 200 g/mol. The molecule has 3 nitrogen and oxygen atoms in total. The van der Waals surface area contributed by atoms with E-state index >= 15 is 0 Å². The summed E-state index contributed by atoms with van der Waals surface area (Å²) in [6, 6.07) is 0. The van der Waals surface area contributed by atoms with Gasteiger partial charge in [-0.25, -0.2) is 0 Å². The lowest BCUT2D eigenvalue weighted by Crippen LogP contribution is -2.44. The first-order chi connectivity index (χ1) is 6.41. The lowest BCUT2D eigenvalue weighted by Gasteiger charge is -2.27. The molecule has 0 aromatic heterocycles. The number of primary amides is 1. The van der Waals surface area contributed by atoms with E-state index in [9.17, 15) is 4.79 Å². The number of rotatable bonds is 7. The van der Waals surface area contributed by atoms with Crippen LogP contribution in [0.4, 0.5) is 0 Å². The maximum Gasteiger partial charge on any atom is 0.219 e. The van der Waals surface area contributed by atoms with Crippen LogP contribution in [0, 0.1) is 5.92 Å². The fourth-order valence-corrected chi connectivity index (χ4v) is 1.50. The first-order valence-corrected chi connectivity index (χ1v) is 5.44. The van der Waals surface area contributed by atoms with Crippen molar-refractivity contribution in [1.29, 1.82) is 0 Å². The second-order valence-electron chi connectivity index (χ2n) is 4.59. The molecule has 0 aliphatic rings. The summed E-state index contributed by atoms with van der Waals surface area (Å²) in [5.74, 6) is 0.453. The van der Waals surface area contributed by atoms with Gasteiger partial charge < -0.3 is 11.1 Å². The van der Waals surface area contributed by atoms with E-state index < -0.39 is 0 Å². The maximum absolute atomic E-state index is 10.8. The standard InChI is InChI=1S/C11H24N2O/c1-5-9(6-2)8-13-11(3,4)7-10(12)14/h9,13H,5-8H2,1-4H3,(H2,12,14). The zero-order valence-corrected chi connectivity index (χ0v) is 9.89. The Labute approximate surface area is 87.4 Å². The Morgan fingerprint density at radius 2 is 1.86 bits per heavy atom. The number of carbonyl (C=O) groups is 1. The lowest BCUT2D eigenvalue weighted by molar-refractivity contribution is -0.119. The van der Waals surface area contributed by atoms with Crippen LogP contribution in [0.2, 0.25) is 0 Å². The summed E-state index contributed by atoms with van der Waals surface area (Å²) in [6.07, 6.45) is 2.75. The molecule has 14 heavy (non-hydrogen) atoms. The molecule has 0 rings (SSSR count). The van der Waals surface area contributed by atoms with E-state index in [4.69, 9.17) is 5.73 Å². The summed E-state index contributed by atoms with van der Waals surface area (Å²) >= 11 is 0. The van der Waals surface area contributed by atoms with Crippen molar-refractivity contribution in [2.45, 2.75) is 52.5 Å². The summed E-state index contributed by atoms with van der Waals surface area (Å²) in [6.45, 7) is 9.38. The van der Waals surface area contributed by atoms with E-state index in [0.29, 0.717) is 12.3 Å². The zero-order chi connectivity index (χ0) is 11.2. The molecule has 0 fully saturated rings. The minimum atomic E-state index is -0.243. The number of nitrogens with one attached hydrogen (secondary N) is 1. The predicted octanol–water partition coefficient (Wildman–Crippen LogP) is 1.67. The Kier molecular flexibility index (Phi) is 5.77. The first-order valence-electron chi connectivity index (χ1n) is 5.44. The van der Waals surface area contributed by atoms with E-state index in [1.54, 1.807) is 0 Å². The maximum atomic E-state index is 10.8. The third kappa shape index (κ3) is 5.97. The number of nitrogens with two attached hydrogens (primary N) is 1. The molecule has 3 N–H and O–H groups in total. The molecule has 0 unspecified atom stereocenters. The van der Waals surface area contributed by atoms with Gasteiger partial charge in [-0.05, 0) is 26.3 Å². The van der Waals surface area contributed by atoms with Gasteiger partial charge in [-0.15, -0.1) is 0 Å². The molecule has 0 saturated heterocycles. The molecule has 0 aliphatic heterocycles. The Morgan fingerprint density at radius 3 is 2.21 bits per heavy atom. The molecule has 0 spiro atoms. The smallest absolute Gasteiger partial charge is 0.219 e. The van der Waals surface area contributed by atoms with Crippen molar-refractivity contribution >= 4 is 5.91 Å². The first kappa shape index (κ1) is 13.4. The van der Waals surface area contributed by atoms with Crippen LogP contribution in [0.5, 0.6) is 0 Å². The Morgan fingerprint density at radius 1 is 1.36 bits per heavy atom. The van der Waals surface area contributed by atoms with Crippen LogP contribution in [0.15, 0.2) is 0 Å². The fraction of sp³-hybridized carbons (Fsp3) is 0.909. The Bertz CT molecular complexity index is 174. The molecule has 0 aliphatic carbocycles. The van der Waals surface area contributed by atoms with Crippen LogP contribution < -0.4 is 11.1 Å². The van der Waals surface area contributed by atoms with Crippen molar-refractivity contribution in [1.82, 2.24) is 5.32 Å². The van der Waals surface area contributed by atoms with Gasteiger partial charge in [-0.1, -0.05) is 26.7 Å². The number of amides is 1. The van der Waals surface area contributed by atoms with Gasteiger partial charge in [0.15, 0.2) is 0 Å². The highest BCUT2D eigenvalue weighted by atomic mass is 16.1. The zero-order valence-electron chi connectivity index (χ0n) is 9.89. The molecular formula is C11H24N2O. The topological polar surface area (TPSA) is 55.1 Å². The largest absolute Gasteiger partial charge is 0.370 e. The monoisotopic (exact) mass is 200 g/mol. The third-order valence-corrected chi connectivity index (χ3v) is 2.64. The van der Waals surface area contributed by atoms with Crippen molar-refractivity contribution < 1.29 is 4.79 Å². The van der Waals surface area contributed by atoms with Crippen molar-refractivity contribution in [3.8, 4) is 0 Å².